The number of benzene rings is 1. The summed E-state index contributed by atoms with van der Waals surface area (Å²) in [5.41, 5.74) is 1.63. The predicted molar refractivity (Wildman–Crippen MR) is 36.0 cm³/mol. The molecule has 1 radical (unpaired) electrons. The summed E-state index contributed by atoms with van der Waals surface area (Å²) in [7, 11) is 0. The molecule has 0 aliphatic rings. The molecule has 0 aliphatic carbocycles. The maximum Gasteiger partial charge on any atom is 0.0629 e. The fourth-order valence-corrected chi connectivity index (χ4v) is 0.687. The van der Waals surface area contributed by atoms with Crippen molar-refractivity contribution in [1.29, 1.82) is 0 Å². The van der Waals surface area contributed by atoms with Gasteiger partial charge in [-0.05, 0) is 0 Å². The molecule has 0 heterocycles. The van der Waals surface area contributed by atoms with Crippen LogP contribution in [0, 0.1) is 6.92 Å². The van der Waals surface area contributed by atoms with Gasteiger partial charge in [-0.25, -0.2) is 0 Å². The molecule has 0 N–H and O–H groups in total. The van der Waals surface area contributed by atoms with Crippen LogP contribution in [0.2, 0.25) is 0 Å². The Morgan fingerprint density at radius 1 is 1.30 bits per heavy atom. The molecule has 0 spiro atoms. The number of hydrogen-bond acceptors (Lipinski definition) is 1. The summed E-state index contributed by atoms with van der Waals surface area (Å²) in [6, 6.07) is 7.37. The Hall–Kier alpha value is -0.591. The van der Waals surface area contributed by atoms with Crippen molar-refractivity contribution in [3.8, 4) is 0 Å². The molecule has 53 valence electrons. The second-order valence-electron chi connectivity index (χ2n) is 1.92. The number of rotatable bonds is 1. The first-order valence-electron chi connectivity index (χ1n) is 2.78. The van der Waals surface area contributed by atoms with E-state index >= 15 is 0 Å². The monoisotopic (exact) mass is 174 g/mol. The second kappa shape index (κ2) is 4.26. The molecule has 10 heavy (non-hydrogen) atoms. The number of aryl methyl sites for hydroxylation is 1. The first kappa shape index (κ1) is 9.41. The molecule has 0 atom stereocenters. The van der Waals surface area contributed by atoms with Gasteiger partial charge in [0.15, 0.2) is 0 Å². The third-order valence-electron chi connectivity index (χ3n) is 1.26. The van der Waals surface area contributed by atoms with E-state index in [2.05, 4.69) is 0 Å². The van der Waals surface area contributed by atoms with Crippen LogP contribution in [0.1, 0.15) is 11.1 Å². The van der Waals surface area contributed by atoms with Crippen LogP contribution in [0.5, 0.6) is 0 Å². The standard InChI is InChI=1S/C8H7O.Mn/c1-7-4-2-3-5-8(7)6-9;/h2-5H,1H3;/q-1;. The number of carbonyl (C=O) groups excluding carboxylic acids is 1. The van der Waals surface area contributed by atoms with Crippen LogP contribution < -0.4 is 0 Å². The molecule has 0 bridgehead atoms. The maximum atomic E-state index is 10.1. The summed E-state index contributed by atoms with van der Waals surface area (Å²) in [6.07, 6.45) is 1.85. The predicted octanol–water partition coefficient (Wildman–Crippen LogP) is 1.45. The van der Waals surface area contributed by atoms with Crippen LogP contribution in [-0.2, 0) is 21.9 Å². The van der Waals surface area contributed by atoms with Crippen molar-refractivity contribution in [1.82, 2.24) is 0 Å². The largest absolute Gasteiger partial charge is 0.376 e. The van der Waals surface area contributed by atoms with Crippen molar-refractivity contribution >= 4 is 6.29 Å². The third-order valence-corrected chi connectivity index (χ3v) is 1.26. The summed E-state index contributed by atoms with van der Waals surface area (Å²) in [6.45, 7) is 1.89. The van der Waals surface area contributed by atoms with E-state index in [0.29, 0.717) is 5.56 Å². The maximum absolute atomic E-state index is 10.1. The molecule has 0 unspecified atom stereocenters. The van der Waals surface area contributed by atoms with Gasteiger partial charge in [0.25, 0.3) is 0 Å². The van der Waals surface area contributed by atoms with Crippen LogP contribution in [0.25, 0.3) is 0 Å². The first-order chi connectivity index (χ1) is 4.34. The molecule has 0 aromatic heterocycles. The molecule has 1 aromatic carbocycles. The third kappa shape index (κ3) is 1.98. The van der Waals surface area contributed by atoms with Crippen LogP contribution in [0.4, 0.5) is 0 Å². The molecular formula is C8H7MnO-. The van der Waals surface area contributed by atoms with Gasteiger partial charge in [0.2, 0.25) is 0 Å². The Morgan fingerprint density at radius 3 is 2.30 bits per heavy atom. The minimum Gasteiger partial charge on any atom is -0.376 e. The van der Waals surface area contributed by atoms with Crippen molar-refractivity contribution in [3.05, 3.63) is 35.4 Å². The Bertz CT molecular complexity index is 220. The van der Waals surface area contributed by atoms with Gasteiger partial charge >= 0.3 is 0 Å². The van der Waals surface area contributed by atoms with Crippen LogP contribution >= 0.6 is 0 Å². The van der Waals surface area contributed by atoms with Gasteiger partial charge in [-0.1, -0.05) is 13.0 Å². The molecule has 1 nitrogen and oxygen atoms in total. The SMILES string of the molecule is Cc1ccccc1[C-]=O.[Mn]. The summed E-state index contributed by atoms with van der Waals surface area (Å²) < 4.78 is 0. The Kier molecular flexibility index (Phi) is 4.01. The minimum atomic E-state index is 0. The molecule has 0 saturated carbocycles. The van der Waals surface area contributed by atoms with E-state index in [1.165, 1.54) is 0 Å². The number of hydrogen-bond donors (Lipinski definition) is 0. The zero-order valence-electron chi connectivity index (χ0n) is 5.60. The fourth-order valence-electron chi connectivity index (χ4n) is 0.687. The average Bonchev–Trinajstić information content (AvgIpc) is 1.89. The molecule has 0 aliphatic heterocycles. The minimum absolute atomic E-state index is 0. The van der Waals surface area contributed by atoms with Gasteiger partial charge in [-0.2, -0.15) is 6.07 Å². The summed E-state index contributed by atoms with van der Waals surface area (Å²) in [5, 5.41) is 0. The van der Waals surface area contributed by atoms with E-state index in [-0.39, 0.29) is 17.1 Å². The zero-order chi connectivity index (χ0) is 6.69. The Labute approximate surface area is 70.9 Å². The average molecular weight is 174 g/mol. The zero-order valence-corrected chi connectivity index (χ0v) is 6.78. The first-order valence-corrected chi connectivity index (χ1v) is 2.78. The van der Waals surface area contributed by atoms with E-state index in [4.69, 9.17) is 0 Å². The molecular weight excluding hydrogens is 167 g/mol. The topological polar surface area (TPSA) is 17.1 Å². The smallest absolute Gasteiger partial charge is 0.0629 e. The van der Waals surface area contributed by atoms with Crippen molar-refractivity contribution < 1.29 is 21.9 Å². The summed E-state index contributed by atoms with van der Waals surface area (Å²) >= 11 is 0. The molecule has 1 rings (SSSR count). The molecule has 0 fully saturated rings. The summed E-state index contributed by atoms with van der Waals surface area (Å²) in [5.74, 6) is 0. The Morgan fingerprint density at radius 2 is 1.90 bits per heavy atom. The second-order valence-corrected chi connectivity index (χ2v) is 1.92. The Balaban J connectivity index is 0.000000810. The van der Waals surface area contributed by atoms with Crippen LogP contribution in [0.15, 0.2) is 24.3 Å². The quantitative estimate of drug-likeness (QED) is 0.465. The van der Waals surface area contributed by atoms with Crippen molar-refractivity contribution in [2.75, 3.05) is 0 Å². The van der Waals surface area contributed by atoms with E-state index < -0.39 is 0 Å². The van der Waals surface area contributed by atoms with Crippen LogP contribution in [0.3, 0.4) is 0 Å². The van der Waals surface area contributed by atoms with Crippen molar-refractivity contribution in [2.45, 2.75) is 6.92 Å². The van der Waals surface area contributed by atoms with Gasteiger partial charge in [0.05, 0.1) is 6.29 Å². The van der Waals surface area contributed by atoms with Gasteiger partial charge < -0.3 is 4.79 Å². The van der Waals surface area contributed by atoms with E-state index in [1.54, 1.807) is 6.07 Å². The van der Waals surface area contributed by atoms with E-state index in [1.807, 2.05) is 31.4 Å². The van der Waals surface area contributed by atoms with Crippen molar-refractivity contribution in [2.24, 2.45) is 0 Å². The molecule has 0 amide bonds. The van der Waals surface area contributed by atoms with Gasteiger partial charge in [0.1, 0.15) is 0 Å². The fraction of sp³-hybridized carbons (Fsp3) is 0.125. The van der Waals surface area contributed by atoms with Crippen molar-refractivity contribution in [3.63, 3.8) is 0 Å². The van der Waals surface area contributed by atoms with Gasteiger partial charge in [-0.3, -0.25) is 0 Å². The van der Waals surface area contributed by atoms with Gasteiger partial charge in [-0.15, -0.1) is 23.3 Å². The normalized spacial score (nSPS) is 8.10. The van der Waals surface area contributed by atoms with Crippen LogP contribution in [-0.4, -0.2) is 6.29 Å². The molecule has 0 saturated heterocycles. The van der Waals surface area contributed by atoms with Gasteiger partial charge in [0, 0.05) is 17.1 Å². The van der Waals surface area contributed by atoms with E-state index in [9.17, 15) is 4.79 Å². The van der Waals surface area contributed by atoms with E-state index in [0.717, 1.165) is 5.56 Å². The molecule has 1 aromatic rings. The summed E-state index contributed by atoms with van der Waals surface area (Å²) in [4.78, 5) is 10.1. The molecule has 2 heteroatoms.